The van der Waals surface area contributed by atoms with Gasteiger partial charge < -0.3 is 14.6 Å². The van der Waals surface area contributed by atoms with Gasteiger partial charge in [0.1, 0.15) is 5.75 Å². The van der Waals surface area contributed by atoms with Crippen molar-refractivity contribution < 1.29 is 19.4 Å². The van der Waals surface area contributed by atoms with E-state index in [0.29, 0.717) is 11.5 Å². The van der Waals surface area contributed by atoms with Crippen LogP contribution >= 0.6 is 0 Å². The van der Waals surface area contributed by atoms with Crippen molar-refractivity contribution in [3.8, 4) is 17.2 Å². The number of nitrogens with zero attached hydrogens (tertiary/aromatic N) is 1. The number of nitrogens with one attached hydrogen (secondary N) is 1. The molecule has 0 bridgehead atoms. The van der Waals surface area contributed by atoms with Crippen LogP contribution in [0.1, 0.15) is 5.56 Å². The largest absolute Gasteiger partial charge is 0.508 e. The standard InChI is InChI=1S/C16H16N2O4/c1-21-14-4-2-3-5-15(14)22-11-16(20)18-17-10-12-6-8-13(19)9-7-12/h2-10,19H,11H2,1H3,(H,18,20). The van der Waals surface area contributed by atoms with E-state index in [4.69, 9.17) is 14.6 Å². The Kier molecular flexibility index (Phi) is 5.37. The average Bonchev–Trinajstić information content (AvgIpc) is 2.55. The summed E-state index contributed by atoms with van der Waals surface area (Å²) < 4.78 is 10.5. The van der Waals surface area contributed by atoms with Crippen molar-refractivity contribution in [2.24, 2.45) is 5.10 Å². The molecule has 6 nitrogen and oxygen atoms in total. The molecule has 0 saturated heterocycles. The summed E-state index contributed by atoms with van der Waals surface area (Å²) in [6, 6.07) is 13.5. The summed E-state index contributed by atoms with van der Waals surface area (Å²) in [4.78, 5) is 11.6. The Labute approximate surface area is 128 Å². The van der Waals surface area contributed by atoms with Crippen LogP contribution in [-0.2, 0) is 4.79 Å². The van der Waals surface area contributed by atoms with Crippen molar-refractivity contribution in [2.45, 2.75) is 0 Å². The Bertz CT molecular complexity index is 653. The van der Waals surface area contributed by atoms with Gasteiger partial charge in [-0.3, -0.25) is 4.79 Å². The Morgan fingerprint density at radius 3 is 2.55 bits per heavy atom. The molecule has 2 aromatic rings. The lowest BCUT2D eigenvalue weighted by Crippen LogP contribution is -2.24. The van der Waals surface area contributed by atoms with E-state index in [1.807, 2.05) is 6.07 Å². The number of phenolic OH excluding ortho intramolecular Hbond substituents is 1. The second-order valence-electron chi connectivity index (χ2n) is 4.32. The van der Waals surface area contributed by atoms with Crippen LogP contribution in [0.15, 0.2) is 53.6 Å². The van der Waals surface area contributed by atoms with Crippen LogP contribution < -0.4 is 14.9 Å². The highest BCUT2D eigenvalue weighted by molar-refractivity contribution is 5.83. The third-order valence-electron chi connectivity index (χ3n) is 2.72. The first-order valence-corrected chi connectivity index (χ1v) is 6.56. The van der Waals surface area contributed by atoms with Gasteiger partial charge in [0.05, 0.1) is 13.3 Å². The third kappa shape index (κ3) is 4.52. The highest BCUT2D eigenvalue weighted by atomic mass is 16.5. The summed E-state index contributed by atoms with van der Waals surface area (Å²) in [5.41, 5.74) is 3.11. The first-order valence-electron chi connectivity index (χ1n) is 6.56. The Morgan fingerprint density at radius 1 is 1.18 bits per heavy atom. The average molecular weight is 300 g/mol. The van der Waals surface area contributed by atoms with Gasteiger partial charge in [-0.1, -0.05) is 12.1 Å². The summed E-state index contributed by atoms with van der Waals surface area (Å²) in [6.45, 7) is -0.173. The molecule has 22 heavy (non-hydrogen) atoms. The molecular weight excluding hydrogens is 284 g/mol. The van der Waals surface area contributed by atoms with Crippen molar-refractivity contribution in [3.63, 3.8) is 0 Å². The predicted molar refractivity (Wildman–Crippen MR) is 82.3 cm³/mol. The van der Waals surface area contributed by atoms with Crippen molar-refractivity contribution in [2.75, 3.05) is 13.7 Å². The molecule has 1 amide bonds. The maximum Gasteiger partial charge on any atom is 0.277 e. The van der Waals surface area contributed by atoms with Gasteiger partial charge in [-0.25, -0.2) is 5.43 Å². The van der Waals surface area contributed by atoms with Gasteiger partial charge in [0.25, 0.3) is 5.91 Å². The summed E-state index contributed by atoms with van der Waals surface area (Å²) in [7, 11) is 1.53. The van der Waals surface area contributed by atoms with Gasteiger partial charge in [-0.2, -0.15) is 5.10 Å². The maximum absolute atomic E-state index is 11.6. The van der Waals surface area contributed by atoms with Crippen molar-refractivity contribution in [3.05, 3.63) is 54.1 Å². The van der Waals surface area contributed by atoms with E-state index in [1.54, 1.807) is 30.3 Å². The van der Waals surface area contributed by atoms with Gasteiger partial charge in [-0.15, -0.1) is 0 Å². The van der Waals surface area contributed by atoms with E-state index >= 15 is 0 Å². The molecule has 0 aliphatic carbocycles. The van der Waals surface area contributed by atoms with Crippen LogP contribution in [0.2, 0.25) is 0 Å². The van der Waals surface area contributed by atoms with Gasteiger partial charge in [-0.05, 0) is 42.0 Å². The number of methoxy groups -OCH3 is 1. The Balaban J connectivity index is 1.82. The zero-order valence-electron chi connectivity index (χ0n) is 12.0. The molecule has 0 aromatic heterocycles. The van der Waals surface area contributed by atoms with Crippen LogP contribution in [0, 0.1) is 0 Å². The molecule has 0 aliphatic heterocycles. The lowest BCUT2D eigenvalue weighted by molar-refractivity contribution is -0.123. The lowest BCUT2D eigenvalue weighted by atomic mass is 10.2. The Hall–Kier alpha value is -3.02. The van der Waals surface area contributed by atoms with Gasteiger partial charge >= 0.3 is 0 Å². The summed E-state index contributed by atoms with van der Waals surface area (Å²) >= 11 is 0. The molecule has 2 aromatic carbocycles. The third-order valence-corrected chi connectivity index (χ3v) is 2.72. The van der Waals surface area contributed by atoms with Crippen LogP contribution in [0.4, 0.5) is 0 Å². The number of hydrogen-bond donors (Lipinski definition) is 2. The fraction of sp³-hybridized carbons (Fsp3) is 0.125. The summed E-state index contributed by atoms with van der Waals surface area (Å²) in [6.07, 6.45) is 1.47. The number of hydrogen-bond acceptors (Lipinski definition) is 5. The quantitative estimate of drug-likeness (QED) is 0.631. The number of phenols is 1. The normalized spacial score (nSPS) is 10.4. The number of rotatable bonds is 6. The zero-order valence-corrected chi connectivity index (χ0v) is 12.0. The molecule has 0 saturated carbocycles. The van der Waals surface area contributed by atoms with Gasteiger partial charge in [0, 0.05) is 0 Å². The fourth-order valence-electron chi connectivity index (χ4n) is 1.65. The lowest BCUT2D eigenvalue weighted by Gasteiger charge is -2.09. The van der Waals surface area contributed by atoms with E-state index in [-0.39, 0.29) is 18.3 Å². The molecule has 0 unspecified atom stereocenters. The summed E-state index contributed by atoms with van der Waals surface area (Å²) in [5.74, 6) is 0.831. The SMILES string of the molecule is COc1ccccc1OCC(=O)NN=Cc1ccc(O)cc1. The van der Waals surface area contributed by atoms with E-state index in [1.165, 1.54) is 25.5 Å². The van der Waals surface area contributed by atoms with E-state index < -0.39 is 0 Å². The first kappa shape index (κ1) is 15.4. The van der Waals surface area contributed by atoms with Crippen molar-refractivity contribution in [1.82, 2.24) is 5.43 Å². The second-order valence-corrected chi connectivity index (χ2v) is 4.32. The number of amides is 1. The van der Waals surface area contributed by atoms with Crippen LogP contribution in [0.5, 0.6) is 17.2 Å². The molecule has 114 valence electrons. The zero-order chi connectivity index (χ0) is 15.8. The van der Waals surface area contributed by atoms with E-state index in [0.717, 1.165) is 5.56 Å². The molecule has 0 spiro atoms. The molecule has 0 heterocycles. The number of aromatic hydroxyl groups is 1. The molecule has 2 rings (SSSR count). The molecule has 2 N–H and O–H groups in total. The van der Waals surface area contributed by atoms with Crippen molar-refractivity contribution in [1.29, 1.82) is 0 Å². The second kappa shape index (κ2) is 7.68. The van der Waals surface area contributed by atoms with Crippen LogP contribution in [0.25, 0.3) is 0 Å². The minimum atomic E-state index is -0.388. The molecule has 0 radical (unpaired) electrons. The molecule has 0 atom stereocenters. The maximum atomic E-state index is 11.6. The van der Waals surface area contributed by atoms with Crippen molar-refractivity contribution >= 4 is 12.1 Å². The molecule has 6 heteroatoms. The van der Waals surface area contributed by atoms with E-state index in [9.17, 15) is 4.79 Å². The number of carbonyl (C=O) groups excluding carboxylic acids is 1. The van der Waals surface area contributed by atoms with E-state index in [2.05, 4.69) is 10.5 Å². The highest BCUT2D eigenvalue weighted by Gasteiger charge is 2.05. The predicted octanol–water partition coefficient (Wildman–Crippen LogP) is 1.93. The molecule has 0 aliphatic rings. The number of benzene rings is 2. The number of carbonyl (C=O) groups is 1. The van der Waals surface area contributed by atoms with Gasteiger partial charge in [0.2, 0.25) is 0 Å². The summed E-state index contributed by atoms with van der Waals surface area (Å²) in [5, 5.41) is 13.0. The number of ether oxygens (including phenoxy) is 2. The van der Waals surface area contributed by atoms with Crippen LogP contribution in [0.3, 0.4) is 0 Å². The first-order chi connectivity index (χ1) is 10.7. The minimum absolute atomic E-state index is 0.173. The van der Waals surface area contributed by atoms with Gasteiger partial charge in [0.15, 0.2) is 18.1 Å². The number of para-hydroxylation sites is 2. The smallest absolute Gasteiger partial charge is 0.277 e. The molecule has 0 fully saturated rings. The topological polar surface area (TPSA) is 80.2 Å². The fourth-order valence-corrected chi connectivity index (χ4v) is 1.65. The highest BCUT2D eigenvalue weighted by Crippen LogP contribution is 2.25. The number of hydrazone groups is 1. The minimum Gasteiger partial charge on any atom is -0.508 e. The van der Waals surface area contributed by atoms with Crippen LogP contribution in [-0.4, -0.2) is 30.9 Å². The Morgan fingerprint density at radius 2 is 1.86 bits per heavy atom. The monoisotopic (exact) mass is 300 g/mol. The molecular formula is C16H16N2O4.